The average Bonchev–Trinajstić information content (AvgIpc) is 2.40. The minimum Gasteiger partial charge on any atom is -0.397 e. The van der Waals surface area contributed by atoms with Crippen LogP contribution in [0.5, 0.6) is 0 Å². The van der Waals surface area contributed by atoms with E-state index in [-0.39, 0.29) is 21.8 Å². The molecule has 0 fully saturated rings. The largest absolute Gasteiger partial charge is 0.397 e. The van der Waals surface area contributed by atoms with Gasteiger partial charge in [0, 0.05) is 5.56 Å². The van der Waals surface area contributed by atoms with Crippen LogP contribution in [0.25, 0.3) is 0 Å². The Morgan fingerprint density at radius 3 is 2.52 bits per heavy atom. The molecule has 7 heteroatoms. The zero-order valence-electron chi connectivity index (χ0n) is 11.4. The molecular weight excluding hydrogens is 315 g/mol. The Hall–Kier alpha value is -1.79. The maximum atomic E-state index is 13.5. The Labute approximate surface area is 127 Å². The van der Waals surface area contributed by atoms with Gasteiger partial charge in [0.2, 0.25) is 0 Å². The number of nitrogens with two attached hydrogens (primary N) is 1. The summed E-state index contributed by atoms with van der Waals surface area (Å²) in [6.45, 7) is 3.15. The van der Waals surface area contributed by atoms with Crippen LogP contribution in [0.1, 0.15) is 11.1 Å². The molecule has 0 aliphatic heterocycles. The van der Waals surface area contributed by atoms with Gasteiger partial charge in [-0.1, -0.05) is 17.7 Å². The number of anilines is 2. The molecular formula is C14H14ClFN2O2S. The van der Waals surface area contributed by atoms with Gasteiger partial charge in [-0.15, -0.1) is 0 Å². The molecule has 0 saturated carbocycles. The minimum atomic E-state index is -3.87. The lowest BCUT2D eigenvalue weighted by atomic mass is 10.2. The summed E-state index contributed by atoms with van der Waals surface area (Å²) in [4.78, 5) is -0.0226. The zero-order chi connectivity index (χ0) is 15.8. The summed E-state index contributed by atoms with van der Waals surface area (Å²) in [6.07, 6.45) is 0. The van der Waals surface area contributed by atoms with Gasteiger partial charge in [0.15, 0.2) is 0 Å². The van der Waals surface area contributed by atoms with Crippen LogP contribution in [-0.4, -0.2) is 8.42 Å². The summed E-state index contributed by atoms with van der Waals surface area (Å²) in [5.74, 6) is -0.484. The van der Waals surface area contributed by atoms with E-state index in [4.69, 9.17) is 17.3 Å². The van der Waals surface area contributed by atoms with E-state index in [0.29, 0.717) is 10.6 Å². The number of halogens is 2. The summed E-state index contributed by atoms with van der Waals surface area (Å²) in [5.41, 5.74) is 6.81. The quantitative estimate of drug-likeness (QED) is 0.847. The first-order valence-corrected chi connectivity index (χ1v) is 7.92. The number of hydrogen-bond acceptors (Lipinski definition) is 3. The van der Waals surface area contributed by atoms with Gasteiger partial charge in [0.1, 0.15) is 5.82 Å². The van der Waals surface area contributed by atoms with Crippen molar-refractivity contribution in [3.05, 3.63) is 52.3 Å². The molecule has 0 atom stereocenters. The number of nitrogens with one attached hydrogen (secondary N) is 1. The fourth-order valence-corrected chi connectivity index (χ4v) is 3.19. The third kappa shape index (κ3) is 3.11. The van der Waals surface area contributed by atoms with Crippen LogP contribution in [0.15, 0.2) is 35.2 Å². The third-order valence-corrected chi connectivity index (χ3v) is 4.94. The van der Waals surface area contributed by atoms with Crippen molar-refractivity contribution < 1.29 is 12.8 Å². The van der Waals surface area contributed by atoms with Crippen LogP contribution in [-0.2, 0) is 10.0 Å². The molecule has 0 aliphatic rings. The molecule has 0 spiro atoms. The highest BCUT2D eigenvalue weighted by Crippen LogP contribution is 2.28. The first-order chi connectivity index (χ1) is 9.72. The standard InChI is InChI=1S/C14H14ClFN2O2S/c1-8-6-10(7-12(17)14(8)15)21(19,20)18-13-5-3-4-11(16)9(13)2/h3-7,18H,17H2,1-2H3. The van der Waals surface area contributed by atoms with Gasteiger partial charge in [-0.2, -0.15) is 0 Å². The number of nitrogen functional groups attached to an aromatic ring is 1. The molecule has 0 heterocycles. The van der Waals surface area contributed by atoms with Gasteiger partial charge in [0.05, 0.1) is 21.3 Å². The molecule has 3 N–H and O–H groups in total. The Balaban J connectivity index is 2.46. The third-order valence-electron chi connectivity index (χ3n) is 3.08. The van der Waals surface area contributed by atoms with Crippen LogP contribution in [0.2, 0.25) is 5.02 Å². The van der Waals surface area contributed by atoms with Crippen LogP contribution in [0.3, 0.4) is 0 Å². The van der Waals surface area contributed by atoms with Gasteiger partial charge in [-0.3, -0.25) is 4.72 Å². The maximum absolute atomic E-state index is 13.5. The molecule has 0 radical (unpaired) electrons. The molecule has 0 unspecified atom stereocenters. The Morgan fingerprint density at radius 2 is 1.90 bits per heavy atom. The van der Waals surface area contributed by atoms with E-state index in [9.17, 15) is 12.8 Å². The Kier molecular flexibility index (Phi) is 4.11. The van der Waals surface area contributed by atoms with E-state index in [1.165, 1.54) is 37.3 Å². The van der Waals surface area contributed by atoms with Crippen LogP contribution in [0.4, 0.5) is 15.8 Å². The van der Waals surface area contributed by atoms with Crippen molar-refractivity contribution >= 4 is 33.0 Å². The van der Waals surface area contributed by atoms with Crippen LogP contribution in [0, 0.1) is 19.7 Å². The zero-order valence-corrected chi connectivity index (χ0v) is 13.0. The lowest BCUT2D eigenvalue weighted by Gasteiger charge is -2.12. The summed E-state index contributed by atoms with van der Waals surface area (Å²) in [7, 11) is -3.87. The van der Waals surface area contributed by atoms with E-state index < -0.39 is 15.8 Å². The normalized spacial score (nSPS) is 11.4. The number of benzene rings is 2. The molecule has 112 valence electrons. The fraction of sp³-hybridized carbons (Fsp3) is 0.143. The monoisotopic (exact) mass is 328 g/mol. The number of hydrogen-bond donors (Lipinski definition) is 2. The molecule has 0 saturated heterocycles. The molecule has 4 nitrogen and oxygen atoms in total. The smallest absolute Gasteiger partial charge is 0.261 e. The van der Waals surface area contributed by atoms with Gasteiger partial charge >= 0.3 is 0 Å². The van der Waals surface area contributed by atoms with Gasteiger partial charge < -0.3 is 5.73 Å². The van der Waals surface area contributed by atoms with E-state index in [2.05, 4.69) is 4.72 Å². The van der Waals surface area contributed by atoms with Crippen molar-refractivity contribution in [2.24, 2.45) is 0 Å². The lowest BCUT2D eigenvalue weighted by Crippen LogP contribution is -2.14. The second-order valence-electron chi connectivity index (χ2n) is 4.66. The molecule has 2 rings (SSSR count). The lowest BCUT2D eigenvalue weighted by molar-refractivity contribution is 0.600. The van der Waals surface area contributed by atoms with Gasteiger partial charge in [0.25, 0.3) is 10.0 Å². The van der Waals surface area contributed by atoms with Gasteiger partial charge in [-0.05, 0) is 43.7 Å². The molecule has 2 aromatic carbocycles. The molecule has 21 heavy (non-hydrogen) atoms. The average molecular weight is 329 g/mol. The van der Waals surface area contributed by atoms with Crippen molar-refractivity contribution in [2.45, 2.75) is 18.7 Å². The minimum absolute atomic E-state index is 0.0226. The van der Waals surface area contributed by atoms with Crippen molar-refractivity contribution in [1.82, 2.24) is 0 Å². The fourth-order valence-electron chi connectivity index (χ4n) is 1.84. The summed E-state index contributed by atoms with van der Waals surface area (Å²) >= 11 is 5.92. The van der Waals surface area contributed by atoms with Crippen molar-refractivity contribution in [2.75, 3.05) is 10.5 Å². The first-order valence-electron chi connectivity index (χ1n) is 6.06. The first kappa shape index (κ1) is 15.6. The van der Waals surface area contributed by atoms with Crippen molar-refractivity contribution in [3.63, 3.8) is 0 Å². The second-order valence-corrected chi connectivity index (χ2v) is 6.72. The van der Waals surface area contributed by atoms with E-state index in [1.807, 2.05) is 0 Å². The highest BCUT2D eigenvalue weighted by atomic mass is 35.5. The summed E-state index contributed by atoms with van der Waals surface area (Å²) in [5, 5.41) is 0.316. The highest BCUT2D eigenvalue weighted by molar-refractivity contribution is 7.92. The summed E-state index contributed by atoms with van der Waals surface area (Å²) in [6, 6.07) is 6.86. The van der Waals surface area contributed by atoms with Crippen molar-refractivity contribution in [3.8, 4) is 0 Å². The van der Waals surface area contributed by atoms with Crippen LogP contribution >= 0.6 is 11.6 Å². The predicted octanol–water partition coefficient (Wildman–Crippen LogP) is 3.48. The molecule has 2 aromatic rings. The maximum Gasteiger partial charge on any atom is 0.261 e. The molecule has 0 bridgehead atoms. The predicted molar refractivity (Wildman–Crippen MR) is 82.5 cm³/mol. The van der Waals surface area contributed by atoms with E-state index in [0.717, 1.165) is 0 Å². The molecule has 0 aliphatic carbocycles. The summed E-state index contributed by atoms with van der Waals surface area (Å²) < 4.78 is 40.5. The van der Waals surface area contributed by atoms with E-state index >= 15 is 0 Å². The molecule has 0 amide bonds. The van der Waals surface area contributed by atoms with Gasteiger partial charge in [-0.25, -0.2) is 12.8 Å². The van der Waals surface area contributed by atoms with E-state index in [1.54, 1.807) is 6.92 Å². The topological polar surface area (TPSA) is 72.2 Å². The molecule has 0 aromatic heterocycles. The highest BCUT2D eigenvalue weighted by Gasteiger charge is 2.18. The van der Waals surface area contributed by atoms with Crippen molar-refractivity contribution in [1.29, 1.82) is 0 Å². The SMILES string of the molecule is Cc1cc(S(=O)(=O)Nc2cccc(F)c2C)cc(N)c1Cl. The second kappa shape index (κ2) is 5.54. The van der Waals surface area contributed by atoms with Crippen LogP contribution < -0.4 is 10.5 Å². The Bertz CT molecular complexity index is 784. The number of aryl methyl sites for hydroxylation is 1. The Morgan fingerprint density at radius 1 is 1.24 bits per heavy atom. The number of sulfonamides is 1. The number of rotatable bonds is 3.